The van der Waals surface area contributed by atoms with Gasteiger partial charge in [-0.2, -0.15) is 0 Å². The minimum absolute atomic E-state index is 0.0539. The molecule has 2 aromatic heterocycles. The Labute approximate surface area is 127 Å². The standard InChI is InChI=1S/C16H16ClN3O/c1-3-20(4-2)16(21)10-5-7-13-12(9-10)11-6-8-14(17)19-15(11)18-13/h5-9H,3-4H2,1-2H3,(H,18,19). The molecule has 0 aliphatic heterocycles. The third-order valence-electron chi connectivity index (χ3n) is 3.72. The van der Waals surface area contributed by atoms with Gasteiger partial charge in [0.25, 0.3) is 5.91 Å². The Morgan fingerprint density at radius 3 is 2.67 bits per heavy atom. The summed E-state index contributed by atoms with van der Waals surface area (Å²) in [5.41, 5.74) is 2.39. The van der Waals surface area contributed by atoms with Gasteiger partial charge in [0.15, 0.2) is 0 Å². The number of pyridine rings is 1. The number of nitrogens with one attached hydrogen (secondary N) is 1. The molecule has 4 nitrogen and oxygen atoms in total. The molecule has 0 spiro atoms. The molecule has 0 saturated carbocycles. The van der Waals surface area contributed by atoms with Crippen molar-refractivity contribution in [3.8, 4) is 0 Å². The smallest absolute Gasteiger partial charge is 0.253 e. The number of carbonyl (C=O) groups excluding carboxylic acids is 1. The van der Waals surface area contributed by atoms with Crippen molar-refractivity contribution >= 4 is 39.4 Å². The largest absolute Gasteiger partial charge is 0.339 e. The molecule has 0 aliphatic carbocycles. The Morgan fingerprint density at radius 2 is 1.95 bits per heavy atom. The summed E-state index contributed by atoms with van der Waals surface area (Å²) in [6.45, 7) is 5.38. The van der Waals surface area contributed by atoms with Crippen molar-refractivity contribution in [1.82, 2.24) is 14.9 Å². The van der Waals surface area contributed by atoms with Crippen molar-refractivity contribution in [2.24, 2.45) is 0 Å². The van der Waals surface area contributed by atoms with Crippen LogP contribution in [0.25, 0.3) is 21.9 Å². The molecule has 0 radical (unpaired) electrons. The fourth-order valence-corrected chi connectivity index (χ4v) is 2.73. The second-order valence-corrected chi connectivity index (χ2v) is 5.28. The van der Waals surface area contributed by atoms with E-state index in [1.165, 1.54) is 0 Å². The van der Waals surface area contributed by atoms with Crippen LogP contribution in [0.4, 0.5) is 0 Å². The van der Waals surface area contributed by atoms with Crippen LogP contribution in [0, 0.1) is 0 Å². The van der Waals surface area contributed by atoms with Crippen LogP contribution in [0.1, 0.15) is 24.2 Å². The molecule has 1 N–H and O–H groups in total. The molecular weight excluding hydrogens is 286 g/mol. The van der Waals surface area contributed by atoms with E-state index in [1.807, 2.05) is 43.0 Å². The number of H-pyrrole nitrogens is 1. The summed E-state index contributed by atoms with van der Waals surface area (Å²) in [6, 6.07) is 9.37. The molecule has 21 heavy (non-hydrogen) atoms. The predicted molar refractivity (Wildman–Crippen MR) is 85.9 cm³/mol. The molecule has 0 unspecified atom stereocenters. The first kappa shape index (κ1) is 13.9. The second-order valence-electron chi connectivity index (χ2n) is 4.89. The normalized spacial score (nSPS) is 11.2. The first-order chi connectivity index (χ1) is 10.1. The van der Waals surface area contributed by atoms with Gasteiger partial charge in [-0.3, -0.25) is 4.79 Å². The number of fused-ring (bicyclic) bond motifs is 3. The van der Waals surface area contributed by atoms with Crippen LogP contribution in [0.15, 0.2) is 30.3 Å². The lowest BCUT2D eigenvalue weighted by molar-refractivity contribution is 0.0773. The van der Waals surface area contributed by atoms with Crippen molar-refractivity contribution in [2.75, 3.05) is 13.1 Å². The SMILES string of the molecule is CCN(CC)C(=O)c1ccc2[nH]c3nc(Cl)ccc3c2c1. The number of hydrogen-bond acceptors (Lipinski definition) is 2. The van der Waals surface area contributed by atoms with Crippen LogP contribution < -0.4 is 0 Å². The number of rotatable bonds is 3. The Bertz CT molecular complexity index is 821. The van der Waals surface area contributed by atoms with Gasteiger partial charge in [-0.1, -0.05) is 11.6 Å². The van der Waals surface area contributed by atoms with E-state index in [0.717, 1.165) is 21.9 Å². The molecule has 0 saturated heterocycles. The quantitative estimate of drug-likeness (QED) is 0.747. The molecule has 1 aromatic carbocycles. The highest BCUT2D eigenvalue weighted by Gasteiger charge is 2.14. The summed E-state index contributed by atoms with van der Waals surface area (Å²) in [5, 5.41) is 2.42. The summed E-state index contributed by atoms with van der Waals surface area (Å²) in [4.78, 5) is 21.7. The van der Waals surface area contributed by atoms with E-state index in [2.05, 4.69) is 9.97 Å². The fraction of sp³-hybridized carbons (Fsp3) is 0.250. The fourth-order valence-electron chi connectivity index (χ4n) is 2.58. The summed E-state index contributed by atoms with van der Waals surface area (Å²) in [5.74, 6) is 0.0539. The van der Waals surface area contributed by atoms with Gasteiger partial charge in [-0.25, -0.2) is 4.98 Å². The lowest BCUT2D eigenvalue weighted by atomic mass is 10.1. The number of amides is 1. The molecule has 108 valence electrons. The van der Waals surface area contributed by atoms with E-state index in [-0.39, 0.29) is 5.91 Å². The van der Waals surface area contributed by atoms with E-state index in [0.29, 0.717) is 23.8 Å². The van der Waals surface area contributed by atoms with Crippen molar-refractivity contribution in [2.45, 2.75) is 13.8 Å². The summed E-state index contributed by atoms with van der Waals surface area (Å²) in [7, 11) is 0. The molecule has 5 heteroatoms. The van der Waals surface area contributed by atoms with Crippen molar-refractivity contribution in [3.63, 3.8) is 0 Å². The van der Waals surface area contributed by atoms with Gasteiger partial charge >= 0.3 is 0 Å². The van der Waals surface area contributed by atoms with E-state index < -0.39 is 0 Å². The van der Waals surface area contributed by atoms with E-state index in [4.69, 9.17) is 11.6 Å². The maximum atomic E-state index is 12.4. The molecule has 0 aliphatic rings. The number of aromatic amines is 1. The van der Waals surface area contributed by atoms with Crippen LogP contribution in [0.5, 0.6) is 0 Å². The maximum Gasteiger partial charge on any atom is 0.253 e. The van der Waals surface area contributed by atoms with E-state index >= 15 is 0 Å². The van der Waals surface area contributed by atoms with E-state index in [9.17, 15) is 4.79 Å². The lowest BCUT2D eigenvalue weighted by Gasteiger charge is -2.18. The maximum absolute atomic E-state index is 12.4. The minimum atomic E-state index is 0.0539. The number of aromatic nitrogens is 2. The topological polar surface area (TPSA) is 49.0 Å². The molecular formula is C16H16ClN3O. The summed E-state index contributed by atoms with van der Waals surface area (Å²) in [6.07, 6.45) is 0. The zero-order valence-electron chi connectivity index (χ0n) is 12.0. The highest BCUT2D eigenvalue weighted by molar-refractivity contribution is 6.30. The second kappa shape index (κ2) is 5.37. The molecule has 3 aromatic rings. The number of carbonyl (C=O) groups is 1. The average molecular weight is 302 g/mol. The molecule has 1 amide bonds. The first-order valence-electron chi connectivity index (χ1n) is 7.01. The van der Waals surface area contributed by atoms with Gasteiger partial charge in [0.1, 0.15) is 10.8 Å². The summed E-state index contributed by atoms with van der Waals surface area (Å²) >= 11 is 5.92. The molecule has 3 rings (SSSR count). The minimum Gasteiger partial charge on any atom is -0.339 e. The Hall–Kier alpha value is -2.07. The molecule has 0 bridgehead atoms. The zero-order chi connectivity index (χ0) is 15.0. The summed E-state index contributed by atoms with van der Waals surface area (Å²) < 4.78 is 0. The number of nitrogens with zero attached hydrogens (tertiary/aromatic N) is 2. The number of hydrogen-bond donors (Lipinski definition) is 1. The number of benzene rings is 1. The van der Waals surface area contributed by atoms with Crippen LogP contribution in [0.2, 0.25) is 5.15 Å². The molecule has 0 fully saturated rings. The molecule has 0 atom stereocenters. The third kappa shape index (κ3) is 2.36. The van der Waals surface area contributed by atoms with Crippen LogP contribution in [0.3, 0.4) is 0 Å². The predicted octanol–water partition coefficient (Wildman–Crippen LogP) is 3.85. The Balaban J connectivity index is 2.15. The Kier molecular flexibility index (Phi) is 3.55. The highest BCUT2D eigenvalue weighted by Crippen LogP contribution is 2.26. The van der Waals surface area contributed by atoms with Crippen LogP contribution >= 0.6 is 11.6 Å². The van der Waals surface area contributed by atoms with Crippen LogP contribution in [-0.4, -0.2) is 33.9 Å². The Morgan fingerprint density at radius 1 is 1.19 bits per heavy atom. The van der Waals surface area contributed by atoms with Gasteiger partial charge in [-0.15, -0.1) is 0 Å². The lowest BCUT2D eigenvalue weighted by Crippen LogP contribution is -2.30. The van der Waals surface area contributed by atoms with Gasteiger partial charge in [0.05, 0.1) is 0 Å². The van der Waals surface area contributed by atoms with Gasteiger partial charge in [0, 0.05) is 34.9 Å². The zero-order valence-corrected chi connectivity index (χ0v) is 12.7. The van der Waals surface area contributed by atoms with Crippen molar-refractivity contribution in [1.29, 1.82) is 0 Å². The van der Waals surface area contributed by atoms with Gasteiger partial charge < -0.3 is 9.88 Å². The monoisotopic (exact) mass is 301 g/mol. The first-order valence-corrected chi connectivity index (χ1v) is 7.39. The van der Waals surface area contributed by atoms with Crippen molar-refractivity contribution < 1.29 is 4.79 Å². The van der Waals surface area contributed by atoms with Gasteiger partial charge in [-0.05, 0) is 44.2 Å². The van der Waals surface area contributed by atoms with Crippen molar-refractivity contribution in [3.05, 3.63) is 41.0 Å². The van der Waals surface area contributed by atoms with E-state index in [1.54, 1.807) is 6.07 Å². The average Bonchev–Trinajstić information content (AvgIpc) is 2.84. The number of halogens is 1. The third-order valence-corrected chi connectivity index (χ3v) is 3.93. The van der Waals surface area contributed by atoms with Crippen LogP contribution in [-0.2, 0) is 0 Å². The molecule has 2 heterocycles. The highest BCUT2D eigenvalue weighted by atomic mass is 35.5. The van der Waals surface area contributed by atoms with Gasteiger partial charge in [0.2, 0.25) is 0 Å².